The van der Waals surface area contributed by atoms with E-state index in [9.17, 15) is 9.18 Å². The van der Waals surface area contributed by atoms with E-state index in [0.717, 1.165) is 36.2 Å². The van der Waals surface area contributed by atoms with Crippen molar-refractivity contribution >= 4 is 28.5 Å². The minimum Gasteiger partial charge on any atom is -0.327 e. The molecule has 0 saturated carbocycles. The van der Waals surface area contributed by atoms with Gasteiger partial charge < -0.3 is 9.47 Å². The van der Waals surface area contributed by atoms with Crippen LogP contribution in [0, 0.1) is 12.7 Å². The highest BCUT2D eigenvalue weighted by molar-refractivity contribution is 6.30. The van der Waals surface area contributed by atoms with Crippen LogP contribution in [0.2, 0.25) is 5.02 Å². The number of halogens is 2. The molecule has 2 aromatic carbocycles. The van der Waals surface area contributed by atoms with Gasteiger partial charge in [0.1, 0.15) is 11.6 Å². The number of hydrogen-bond acceptors (Lipinski definition) is 4. The second kappa shape index (κ2) is 8.02. The summed E-state index contributed by atoms with van der Waals surface area (Å²) in [5.41, 5.74) is 3.40. The first kappa shape index (κ1) is 20.6. The van der Waals surface area contributed by atoms with Crippen molar-refractivity contribution in [3.05, 3.63) is 70.5 Å². The van der Waals surface area contributed by atoms with Crippen molar-refractivity contribution in [2.45, 2.75) is 39.3 Å². The third kappa shape index (κ3) is 3.26. The van der Waals surface area contributed by atoms with Gasteiger partial charge >= 0.3 is 0 Å². The highest BCUT2D eigenvalue weighted by atomic mass is 35.5. The first-order chi connectivity index (χ1) is 15.5. The van der Waals surface area contributed by atoms with Gasteiger partial charge in [0.05, 0.1) is 33.5 Å². The van der Waals surface area contributed by atoms with E-state index in [1.54, 1.807) is 13.0 Å². The molecule has 5 rings (SSSR count). The fraction of sp³-hybridized carbons (Fsp3) is 0.304. The van der Waals surface area contributed by atoms with Crippen molar-refractivity contribution in [2.24, 2.45) is 0 Å². The van der Waals surface area contributed by atoms with Crippen molar-refractivity contribution in [3.63, 3.8) is 0 Å². The zero-order chi connectivity index (χ0) is 22.4. The Morgan fingerprint density at radius 3 is 2.84 bits per heavy atom. The highest BCUT2D eigenvalue weighted by Crippen LogP contribution is 2.34. The second-order valence-corrected chi connectivity index (χ2v) is 8.30. The number of para-hydroxylation sites is 2. The summed E-state index contributed by atoms with van der Waals surface area (Å²) in [6.45, 7) is 5.26. The maximum atomic E-state index is 13.5. The number of fused-ring (bicyclic) bond motifs is 1. The van der Waals surface area contributed by atoms with Crippen LogP contribution in [0.5, 0.6) is 0 Å². The summed E-state index contributed by atoms with van der Waals surface area (Å²) < 4.78 is 17.2. The summed E-state index contributed by atoms with van der Waals surface area (Å²) in [7, 11) is 0. The van der Waals surface area contributed by atoms with Gasteiger partial charge in [-0.05, 0) is 57.0 Å². The van der Waals surface area contributed by atoms with Gasteiger partial charge in [-0.1, -0.05) is 28.9 Å². The predicted molar refractivity (Wildman–Crippen MR) is 119 cm³/mol. The van der Waals surface area contributed by atoms with Crippen LogP contribution in [-0.4, -0.2) is 41.9 Å². The van der Waals surface area contributed by atoms with Crippen LogP contribution in [0.3, 0.4) is 0 Å². The molecule has 0 spiro atoms. The lowest BCUT2D eigenvalue weighted by atomic mass is 10.2. The zero-order valence-corrected chi connectivity index (χ0v) is 18.6. The maximum Gasteiger partial charge on any atom is 0.276 e. The number of aromatic nitrogens is 5. The van der Waals surface area contributed by atoms with Crippen LogP contribution in [0.4, 0.5) is 4.39 Å². The summed E-state index contributed by atoms with van der Waals surface area (Å²) in [6, 6.07) is 12.2. The topological polar surface area (TPSA) is 68.8 Å². The molecule has 1 saturated heterocycles. The Kier molecular flexibility index (Phi) is 5.17. The number of nitrogens with zero attached hydrogens (tertiary/aromatic N) is 6. The van der Waals surface area contributed by atoms with Crippen LogP contribution < -0.4 is 0 Å². The quantitative estimate of drug-likeness (QED) is 0.449. The number of carbonyl (C=O) groups excluding carboxylic acids is 1. The van der Waals surface area contributed by atoms with Crippen molar-refractivity contribution in [3.8, 4) is 5.69 Å². The lowest BCUT2D eigenvalue weighted by Gasteiger charge is -2.24. The average Bonchev–Trinajstić information content (AvgIpc) is 3.51. The molecule has 1 amide bonds. The molecule has 1 aliphatic rings. The fourth-order valence-corrected chi connectivity index (χ4v) is 4.66. The minimum atomic E-state index is -0.511. The van der Waals surface area contributed by atoms with Gasteiger partial charge in [-0.3, -0.25) is 4.79 Å². The SMILES string of the molecule is CCn1c(C2CCCN2C(=O)c2nnn(-c3ccc(F)c(Cl)c3)c2C)nc2ccccc21. The molecule has 4 aromatic rings. The standard InChI is InChI=1S/C23H22ClFN6O/c1-3-29-19-8-5-4-7-18(19)26-22(29)20-9-6-12-30(20)23(32)21-14(2)31(28-27-21)15-10-11-17(25)16(24)13-15/h4-5,7-8,10-11,13,20H,3,6,9,12H2,1-2H3. The lowest BCUT2D eigenvalue weighted by molar-refractivity contribution is 0.0721. The third-order valence-electron chi connectivity index (χ3n) is 6.06. The first-order valence-corrected chi connectivity index (χ1v) is 11.0. The molecule has 164 valence electrons. The summed E-state index contributed by atoms with van der Waals surface area (Å²) in [6.07, 6.45) is 1.74. The Morgan fingerprint density at radius 2 is 2.06 bits per heavy atom. The highest BCUT2D eigenvalue weighted by Gasteiger charge is 2.36. The minimum absolute atomic E-state index is 0.0108. The molecular weight excluding hydrogens is 431 g/mol. The summed E-state index contributed by atoms with van der Waals surface area (Å²) in [5.74, 6) is 0.206. The van der Waals surface area contributed by atoms with E-state index in [4.69, 9.17) is 16.6 Å². The number of rotatable bonds is 4. The smallest absolute Gasteiger partial charge is 0.276 e. The summed E-state index contributed by atoms with van der Waals surface area (Å²) in [4.78, 5) is 20.2. The van der Waals surface area contributed by atoms with Gasteiger partial charge in [-0.15, -0.1) is 5.10 Å². The first-order valence-electron chi connectivity index (χ1n) is 10.6. The Morgan fingerprint density at radius 1 is 1.25 bits per heavy atom. The van der Waals surface area contributed by atoms with E-state index in [2.05, 4.69) is 27.9 Å². The van der Waals surface area contributed by atoms with Gasteiger partial charge in [0.25, 0.3) is 5.91 Å². The molecule has 1 fully saturated rings. The molecule has 32 heavy (non-hydrogen) atoms. The second-order valence-electron chi connectivity index (χ2n) is 7.89. The Bertz CT molecular complexity index is 1330. The number of benzene rings is 2. The lowest BCUT2D eigenvalue weighted by Crippen LogP contribution is -2.32. The molecular formula is C23H22ClFN6O. The molecule has 1 atom stereocenters. The zero-order valence-electron chi connectivity index (χ0n) is 17.8. The molecule has 0 N–H and O–H groups in total. The van der Waals surface area contributed by atoms with Gasteiger partial charge in [-0.25, -0.2) is 14.1 Å². The van der Waals surface area contributed by atoms with Crippen LogP contribution in [0.15, 0.2) is 42.5 Å². The van der Waals surface area contributed by atoms with Crippen molar-refractivity contribution in [1.29, 1.82) is 0 Å². The van der Waals surface area contributed by atoms with Gasteiger partial charge in [-0.2, -0.15) is 0 Å². The van der Waals surface area contributed by atoms with Gasteiger partial charge in [0.15, 0.2) is 5.69 Å². The molecule has 0 bridgehead atoms. The number of likely N-dealkylation sites (tertiary alicyclic amines) is 1. The van der Waals surface area contributed by atoms with E-state index in [1.807, 2.05) is 23.1 Å². The predicted octanol–water partition coefficient (Wildman–Crippen LogP) is 4.72. The van der Waals surface area contributed by atoms with Gasteiger partial charge in [0, 0.05) is 13.1 Å². The monoisotopic (exact) mass is 452 g/mol. The Hall–Kier alpha value is -3.26. The van der Waals surface area contributed by atoms with Crippen molar-refractivity contribution in [1.82, 2.24) is 29.4 Å². The molecule has 1 unspecified atom stereocenters. The van der Waals surface area contributed by atoms with Gasteiger partial charge in [0.2, 0.25) is 0 Å². The molecule has 1 aliphatic heterocycles. The number of amides is 1. The van der Waals surface area contributed by atoms with Crippen molar-refractivity contribution in [2.75, 3.05) is 6.54 Å². The largest absolute Gasteiger partial charge is 0.327 e. The van der Waals surface area contributed by atoms with Crippen LogP contribution in [0.1, 0.15) is 47.8 Å². The van der Waals surface area contributed by atoms with E-state index < -0.39 is 5.82 Å². The summed E-state index contributed by atoms with van der Waals surface area (Å²) in [5, 5.41) is 8.28. The van der Waals surface area contributed by atoms with E-state index in [1.165, 1.54) is 16.8 Å². The normalized spacial score (nSPS) is 16.2. The Labute approximate surface area is 189 Å². The number of aryl methyl sites for hydroxylation is 1. The fourth-order valence-electron chi connectivity index (χ4n) is 4.48. The maximum absolute atomic E-state index is 13.5. The van der Waals surface area contributed by atoms with E-state index >= 15 is 0 Å². The third-order valence-corrected chi connectivity index (χ3v) is 6.35. The van der Waals surface area contributed by atoms with Crippen LogP contribution in [0.25, 0.3) is 16.7 Å². The molecule has 2 aromatic heterocycles. The number of imidazole rings is 1. The van der Waals surface area contributed by atoms with E-state index in [0.29, 0.717) is 17.9 Å². The van der Waals surface area contributed by atoms with Crippen molar-refractivity contribution < 1.29 is 9.18 Å². The molecule has 0 aliphatic carbocycles. The molecule has 0 radical (unpaired) electrons. The number of hydrogen-bond donors (Lipinski definition) is 0. The molecule has 7 nitrogen and oxygen atoms in total. The van der Waals surface area contributed by atoms with Crippen LogP contribution in [-0.2, 0) is 6.54 Å². The Balaban J connectivity index is 1.50. The van der Waals surface area contributed by atoms with E-state index in [-0.39, 0.29) is 22.7 Å². The van der Waals surface area contributed by atoms with Crippen LogP contribution >= 0.6 is 11.6 Å². The average molecular weight is 453 g/mol. The number of carbonyl (C=O) groups is 1. The molecule has 3 heterocycles. The summed E-state index contributed by atoms with van der Waals surface area (Å²) >= 11 is 5.92. The molecule has 9 heteroatoms.